The van der Waals surface area contributed by atoms with Gasteiger partial charge in [-0.15, -0.1) is 0 Å². The number of aliphatic hydroxyl groups excluding tert-OH is 2. The molecule has 3 atom stereocenters. The summed E-state index contributed by atoms with van der Waals surface area (Å²) in [5, 5.41) is 23.3. The van der Waals surface area contributed by atoms with Crippen molar-refractivity contribution >= 4 is 16.0 Å². The number of carbonyl (C=O) groups excluding carboxylic acids is 1. The lowest BCUT2D eigenvalue weighted by Gasteiger charge is -2.22. The van der Waals surface area contributed by atoms with Crippen molar-refractivity contribution in [3.05, 3.63) is 60.8 Å². The van der Waals surface area contributed by atoms with Crippen molar-refractivity contribution in [2.24, 2.45) is 0 Å². The van der Waals surface area contributed by atoms with Gasteiger partial charge >= 0.3 is 0 Å². The summed E-state index contributed by atoms with van der Waals surface area (Å²) >= 11 is 0. The third kappa shape index (κ3) is 36.2. The maximum atomic E-state index is 12.6. The molecule has 51 heavy (non-hydrogen) atoms. The molecule has 0 saturated heterocycles. The summed E-state index contributed by atoms with van der Waals surface area (Å²) < 4.78 is 32.4. The van der Waals surface area contributed by atoms with E-state index in [1.165, 1.54) is 83.1 Å². The fraction of sp³-hybridized carbons (Fsp3) is 0.744. The van der Waals surface area contributed by atoms with E-state index in [0.29, 0.717) is 12.8 Å². The van der Waals surface area contributed by atoms with Crippen LogP contribution in [0.25, 0.3) is 0 Å². The maximum Gasteiger partial charge on any atom is 0.267 e. The number of unbranched alkanes of at least 4 members (excludes halogenated alkanes) is 19. The molecule has 0 fully saturated rings. The lowest BCUT2D eigenvalue weighted by Crippen LogP contribution is -2.50. The quantitative estimate of drug-likeness (QED) is 0.0288. The highest BCUT2D eigenvalue weighted by molar-refractivity contribution is 7.85. The van der Waals surface area contributed by atoms with Crippen molar-refractivity contribution in [2.45, 2.75) is 199 Å². The van der Waals surface area contributed by atoms with Gasteiger partial charge in [-0.2, -0.15) is 8.42 Å². The fourth-order valence-electron chi connectivity index (χ4n) is 5.80. The third-order valence-corrected chi connectivity index (χ3v) is 9.78. The second kappa shape index (κ2) is 36.4. The number of rotatable bonds is 36. The highest BCUT2D eigenvalue weighted by atomic mass is 32.2. The van der Waals surface area contributed by atoms with E-state index in [0.717, 1.165) is 70.6 Å². The first-order valence-corrected chi connectivity index (χ1v) is 22.2. The summed E-state index contributed by atoms with van der Waals surface area (Å²) in [6.07, 6.45) is 47.1. The topological polar surface area (TPSA) is 124 Å². The molecule has 0 aromatic carbocycles. The second-order valence-electron chi connectivity index (χ2n) is 14.0. The van der Waals surface area contributed by atoms with Gasteiger partial charge in [-0.05, 0) is 70.6 Å². The highest BCUT2D eigenvalue weighted by Crippen LogP contribution is 2.13. The maximum absolute atomic E-state index is 12.6. The van der Waals surface area contributed by atoms with Crippen LogP contribution in [0.4, 0.5) is 0 Å². The first-order valence-electron chi connectivity index (χ1n) is 20.6. The highest BCUT2D eigenvalue weighted by Gasteiger charge is 2.27. The predicted molar refractivity (Wildman–Crippen MR) is 217 cm³/mol. The van der Waals surface area contributed by atoms with E-state index in [9.17, 15) is 28.0 Å². The van der Waals surface area contributed by atoms with Crippen LogP contribution in [0, 0.1) is 0 Å². The minimum Gasteiger partial charge on any atom is -0.387 e. The first-order chi connectivity index (χ1) is 24.7. The number of hydrogen-bond donors (Lipinski definition) is 4. The van der Waals surface area contributed by atoms with Gasteiger partial charge < -0.3 is 15.5 Å². The molecule has 0 aromatic heterocycles. The second-order valence-corrected chi connectivity index (χ2v) is 15.5. The van der Waals surface area contributed by atoms with Crippen LogP contribution in [0.5, 0.6) is 0 Å². The summed E-state index contributed by atoms with van der Waals surface area (Å²) in [5.74, 6) is -1.58. The Labute approximate surface area is 314 Å². The summed E-state index contributed by atoms with van der Waals surface area (Å²) in [6, 6.07) is -1.26. The Balaban J connectivity index is 4.06. The van der Waals surface area contributed by atoms with Crippen LogP contribution in [-0.4, -0.2) is 53.1 Å². The molecule has 0 rings (SSSR count). The average molecular weight is 736 g/mol. The Hall–Kier alpha value is -2.00. The molecule has 0 heterocycles. The fourth-order valence-corrected chi connectivity index (χ4v) is 6.53. The van der Waals surface area contributed by atoms with Gasteiger partial charge in [0.05, 0.1) is 17.9 Å². The molecular formula is C43H77NO6S. The Morgan fingerprint density at radius 2 is 0.961 bits per heavy atom. The molecule has 1 amide bonds. The van der Waals surface area contributed by atoms with Gasteiger partial charge in [0.25, 0.3) is 10.1 Å². The van der Waals surface area contributed by atoms with E-state index in [1.807, 2.05) is 0 Å². The van der Waals surface area contributed by atoms with Crippen molar-refractivity contribution in [1.29, 1.82) is 0 Å². The van der Waals surface area contributed by atoms with Gasteiger partial charge in [-0.1, -0.05) is 171 Å². The normalized spacial score (nSPS) is 14.5. The number of nitrogens with one attached hydrogen (secondary N) is 1. The van der Waals surface area contributed by atoms with Gasteiger partial charge in [0.2, 0.25) is 5.91 Å². The van der Waals surface area contributed by atoms with Gasteiger partial charge in [-0.25, -0.2) is 0 Å². The minimum absolute atomic E-state index is 0.257. The zero-order valence-corrected chi connectivity index (χ0v) is 33.4. The van der Waals surface area contributed by atoms with Crippen molar-refractivity contribution in [3.8, 4) is 0 Å². The predicted octanol–water partition coefficient (Wildman–Crippen LogP) is 11.0. The van der Waals surface area contributed by atoms with Crippen molar-refractivity contribution in [3.63, 3.8) is 0 Å². The minimum atomic E-state index is -4.46. The van der Waals surface area contributed by atoms with E-state index in [1.54, 1.807) is 6.08 Å². The smallest absolute Gasteiger partial charge is 0.267 e. The number of amides is 1. The van der Waals surface area contributed by atoms with Gasteiger partial charge in [0, 0.05) is 0 Å². The van der Waals surface area contributed by atoms with Crippen LogP contribution in [0.3, 0.4) is 0 Å². The summed E-state index contributed by atoms with van der Waals surface area (Å²) in [4.78, 5) is 12.6. The van der Waals surface area contributed by atoms with E-state index in [2.05, 4.69) is 67.8 Å². The number of allylic oxidation sites excluding steroid dienone is 9. The molecule has 0 aromatic rings. The Morgan fingerprint density at radius 3 is 1.47 bits per heavy atom. The molecule has 7 nitrogen and oxygen atoms in total. The lowest BCUT2D eigenvalue weighted by atomic mass is 10.0. The van der Waals surface area contributed by atoms with Crippen LogP contribution in [0.15, 0.2) is 60.8 Å². The van der Waals surface area contributed by atoms with E-state index in [4.69, 9.17) is 0 Å². The van der Waals surface area contributed by atoms with Crippen molar-refractivity contribution in [1.82, 2.24) is 5.32 Å². The molecule has 0 aliphatic carbocycles. The Bertz CT molecular complexity index is 1050. The lowest BCUT2D eigenvalue weighted by molar-refractivity contribution is -0.130. The van der Waals surface area contributed by atoms with Crippen LogP contribution in [0.2, 0.25) is 0 Å². The zero-order valence-electron chi connectivity index (χ0n) is 32.6. The van der Waals surface area contributed by atoms with Crippen LogP contribution in [-0.2, 0) is 14.9 Å². The van der Waals surface area contributed by atoms with Gasteiger partial charge in [0.1, 0.15) is 6.10 Å². The molecule has 0 bridgehead atoms. The van der Waals surface area contributed by atoms with Crippen molar-refractivity contribution < 1.29 is 28.0 Å². The third-order valence-electron chi connectivity index (χ3n) is 9.00. The van der Waals surface area contributed by atoms with Crippen LogP contribution >= 0.6 is 0 Å². The first kappa shape index (κ1) is 49.0. The SMILES string of the molecule is CCCC/C=C/CC/C=C/CC/C=C/C(O)C(CS(=O)(=O)O)NC(=O)C(O)CCCCCCCC/C=C\C/C=C\CCCCCCCCCCC. The molecule has 0 aliphatic rings. The molecule has 296 valence electrons. The molecule has 4 N–H and O–H groups in total. The van der Waals surface area contributed by atoms with Gasteiger partial charge in [-0.3, -0.25) is 9.35 Å². The van der Waals surface area contributed by atoms with Crippen LogP contribution in [0.1, 0.15) is 181 Å². The molecule has 3 unspecified atom stereocenters. The number of aliphatic hydroxyl groups is 2. The largest absolute Gasteiger partial charge is 0.387 e. The van der Waals surface area contributed by atoms with E-state index in [-0.39, 0.29) is 6.42 Å². The van der Waals surface area contributed by atoms with E-state index < -0.39 is 40.0 Å². The molecule has 0 radical (unpaired) electrons. The standard InChI is InChI=1S/C43H77NO6S/c1-3-5-7-9-11-13-15-17-18-19-20-21-22-23-24-25-26-28-30-32-34-36-38-42(46)43(47)44-40(39-51(48,49)50)41(45)37-35-33-31-29-27-16-14-12-10-8-6-4-2/h10,12,20-21,23-24,27,29,35,37,40-42,45-46H,3-9,11,13-19,22,25-26,28,30-34,36,38-39H2,1-2H3,(H,44,47)(H,48,49,50)/b12-10+,21-20-,24-23-,29-27+,37-35+. The number of hydrogen-bond acceptors (Lipinski definition) is 5. The Morgan fingerprint density at radius 1 is 0.549 bits per heavy atom. The van der Waals surface area contributed by atoms with Crippen LogP contribution < -0.4 is 5.32 Å². The molecule has 0 spiro atoms. The molecule has 8 heteroatoms. The molecular weight excluding hydrogens is 659 g/mol. The van der Waals surface area contributed by atoms with Gasteiger partial charge in [0.15, 0.2) is 0 Å². The number of carbonyl (C=O) groups is 1. The Kier molecular flexibility index (Phi) is 34.9. The summed E-state index contributed by atoms with van der Waals surface area (Å²) in [6.45, 7) is 4.45. The van der Waals surface area contributed by atoms with E-state index >= 15 is 0 Å². The zero-order chi connectivity index (χ0) is 37.7. The van der Waals surface area contributed by atoms with Crippen molar-refractivity contribution in [2.75, 3.05) is 5.75 Å². The molecule has 0 aliphatic heterocycles. The summed E-state index contributed by atoms with van der Waals surface area (Å²) in [5.41, 5.74) is 0. The average Bonchev–Trinajstić information content (AvgIpc) is 3.09. The summed E-state index contributed by atoms with van der Waals surface area (Å²) in [7, 11) is -4.46. The molecule has 0 saturated carbocycles. The monoisotopic (exact) mass is 736 g/mol.